The van der Waals surface area contributed by atoms with Crippen LogP contribution in [-0.2, 0) is 4.74 Å². The Hall–Kier alpha value is -1.49. The molecule has 0 saturated carbocycles. The molecule has 2 rings (SSSR count). The van der Waals surface area contributed by atoms with E-state index in [1.807, 2.05) is 37.8 Å². The van der Waals surface area contributed by atoms with Gasteiger partial charge in [0.05, 0.1) is 12.3 Å². The molecule has 22 heavy (non-hydrogen) atoms. The summed E-state index contributed by atoms with van der Waals surface area (Å²) in [5, 5.41) is 3.60. The van der Waals surface area contributed by atoms with Crippen LogP contribution in [0, 0.1) is 0 Å². The van der Waals surface area contributed by atoms with Crippen molar-refractivity contribution in [2.45, 2.75) is 64.6 Å². The molecule has 2 unspecified atom stereocenters. The van der Waals surface area contributed by atoms with E-state index in [0.29, 0.717) is 6.04 Å². The first kappa shape index (κ1) is 16.9. The minimum Gasteiger partial charge on any atom is -0.468 e. The molecule has 1 N–H and O–H groups in total. The van der Waals surface area contributed by atoms with Gasteiger partial charge in [-0.1, -0.05) is 0 Å². The quantitative estimate of drug-likeness (QED) is 0.924. The SMILES string of the molecule is CC(NC1CCCN(C(=O)OC(C)(C)C)CC1)c1ccco1. The van der Waals surface area contributed by atoms with E-state index < -0.39 is 5.60 Å². The highest BCUT2D eigenvalue weighted by molar-refractivity contribution is 5.68. The first-order valence-corrected chi connectivity index (χ1v) is 8.12. The summed E-state index contributed by atoms with van der Waals surface area (Å²) < 4.78 is 10.9. The largest absolute Gasteiger partial charge is 0.468 e. The Morgan fingerprint density at radius 2 is 2.18 bits per heavy atom. The number of nitrogens with zero attached hydrogens (tertiary/aromatic N) is 1. The molecule has 1 aromatic heterocycles. The van der Waals surface area contributed by atoms with Gasteiger partial charge >= 0.3 is 6.09 Å². The lowest BCUT2D eigenvalue weighted by atomic mass is 10.1. The van der Waals surface area contributed by atoms with Crippen molar-refractivity contribution >= 4 is 6.09 Å². The van der Waals surface area contributed by atoms with E-state index in [0.717, 1.165) is 38.1 Å². The van der Waals surface area contributed by atoms with E-state index in [1.165, 1.54) is 0 Å². The zero-order chi connectivity index (χ0) is 16.2. The predicted molar refractivity (Wildman–Crippen MR) is 85.7 cm³/mol. The lowest BCUT2D eigenvalue weighted by Gasteiger charge is -2.26. The molecule has 0 spiro atoms. The minimum atomic E-state index is -0.436. The van der Waals surface area contributed by atoms with E-state index >= 15 is 0 Å². The van der Waals surface area contributed by atoms with Crippen molar-refractivity contribution in [3.05, 3.63) is 24.2 Å². The lowest BCUT2D eigenvalue weighted by Crippen LogP contribution is -2.38. The third-order valence-corrected chi connectivity index (χ3v) is 3.84. The number of rotatable bonds is 3. The van der Waals surface area contributed by atoms with Crippen LogP contribution in [-0.4, -0.2) is 35.7 Å². The van der Waals surface area contributed by atoms with E-state index in [2.05, 4.69) is 12.2 Å². The van der Waals surface area contributed by atoms with Crippen molar-refractivity contribution in [2.75, 3.05) is 13.1 Å². The molecular weight excluding hydrogens is 280 g/mol. The molecule has 1 aliphatic heterocycles. The molecule has 1 amide bonds. The van der Waals surface area contributed by atoms with Crippen LogP contribution in [0.1, 0.15) is 58.8 Å². The second-order valence-corrected chi connectivity index (χ2v) is 7.00. The van der Waals surface area contributed by atoms with Gasteiger partial charge in [0.25, 0.3) is 0 Å². The van der Waals surface area contributed by atoms with Crippen molar-refractivity contribution in [2.24, 2.45) is 0 Å². The fourth-order valence-electron chi connectivity index (χ4n) is 2.75. The zero-order valence-corrected chi connectivity index (χ0v) is 14.1. The van der Waals surface area contributed by atoms with Gasteiger partial charge < -0.3 is 19.4 Å². The Morgan fingerprint density at radius 3 is 2.82 bits per heavy atom. The summed E-state index contributed by atoms with van der Waals surface area (Å²) in [6.07, 6.45) is 4.48. The molecule has 0 aliphatic carbocycles. The number of hydrogen-bond donors (Lipinski definition) is 1. The molecule has 1 saturated heterocycles. The summed E-state index contributed by atoms with van der Waals surface area (Å²) in [6.45, 7) is 9.31. The van der Waals surface area contributed by atoms with Gasteiger partial charge in [0, 0.05) is 19.1 Å². The molecule has 5 nitrogen and oxygen atoms in total. The first-order valence-electron chi connectivity index (χ1n) is 8.12. The molecule has 0 radical (unpaired) electrons. The Bertz CT molecular complexity index is 465. The number of ether oxygens (including phenoxy) is 1. The maximum Gasteiger partial charge on any atom is 0.410 e. The average molecular weight is 308 g/mol. The number of likely N-dealkylation sites (tertiary alicyclic amines) is 1. The molecular formula is C17H28N2O3. The highest BCUT2D eigenvalue weighted by atomic mass is 16.6. The second-order valence-electron chi connectivity index (χ2n) is 7.00. The third kappa shape index (κ3) is 5.05. The highest BCUT2D eigenvalue weighted by Gasteiger charge is 2.25. The molecule has 1 fully saturated rings. The van der Waals surface area contributed by atoms with E-state index in [4.69, 9.17) is 9.15 Å². The first-order chi connectivity index (χ1) is 10.3. The van der Waals surface area contributed by atoms with E-state index in [-0.39, 0.29) is 12.1 Å². The van der Waals surface area contributed by atoms with Gasteiger partial charge in [-0.25, -0.2) is 4.79 Å². The van der Waals surface area contributed by atoms with Crippen molar-refractivity contribution < 1.29 is 13.9 Å². The van der Waals surface area contributed by atoms with Crippen LogP contribution in [0.4, 0.5) is 4.79 Å². The number of hydrogen-bond acceptors (Lipinski definition) is 4. The number of furan rings is 1. The van der Waals surface area contributed by atoms with Crippen molar-refractivity contribution in [3.63, 3.8) is 0 Å². The molecule has 5 heteroatoms. The molecule has 1 aliphatic rings. The minimum absolute atomic E-state index is 0.188. The lowest BCUT2D eigenvalue weighted by molar-refractivity contribution is 0.0256. The van der Waals surface area contributed by atoms with Crippen LogP contribution in [0.3, 0.4) is 0 Å². The zero-order valence-electron chi connectivity index (χ0n) is 14.1. The Morgan fingerprint density at radius 1 is 1.41 bits per heavy atom. The maximum atomic E-state index is 12.2. The summed E-state index contributed by atoms with van der Waals surface area (Å²) in [5.74, 6) is 0.952. The highest BCUT2D eigenvalue weighted by Crippen LogP contribution is 2.19. The van der Waals surface area contributed by atoms with Crippen molar-refractivity contribution in [3.8, 4) is 0 Å². The molecule has 1 aromatic rings. The molecule has 124 valence electrons. The van der Waals surface area contributed by atoms with E-state index in [1.54, 1.807) is 6.26 Å². The summed E-state index contributed by atoms with van der Waals surface area (Å²) >= 11 is 0. The van der Waals surface area contributed by atoms with Crippen LogP contribution < -0.4 is 5.32 Å². The summed E-state index contributed by atoms with van der Waals surface area (Å²) in [7, 11) is 0. The number of amides is 1. The Kier molecular flexibility index (Phi) is 5.51. The Labute approximate surface area is 133 Å². The fourth-order valence-corrected chi connectivity index (χ4v) is 2.75. The summed E-state index contributed by atoms with van der Waals surface area (Å²) in [5.41, 5.74) is -0.436. The van der Waals surface area contributed by atoms with Crippen LogP contribution >= 0.6 is 0 Å². The molecule has 0 aromatic carbocycles. The van der Waals surface area contributed by atoms with E-state index in [9.17, 15) is 4.79 Å². The van der Waals surface area contributed by atoms with Gasteiger partial charge in [0.15, 0.2) is 0 Å². The van der Waals surface area contributed by atoms with Gasteiger partial charge in [0.1, 0.15) is 11.4 Å². The number of carbonyl (C=O) groups excluding carboxylic acids is 1. The van der Waals surface area contributed by atoms with Gasteiger partial charge in [-0.15, -0.1) is 0 Å². The smallest absolute Gasteiger partial charge is 0.410 e. The fraction of sp³-hybridized carbons (Fsp3) is 0.706. The van der Waals surface area contributed by atoms with Gasteiger partial charge in [-0.2, -0.15) is 0 Å². The number of carbonyl (C=O) groups is 1. The monoisotopic (exact) mass is 308 g/mol. The van der Waals surface area contributed by atoms with Gasteiger partial charge in [0.2, 0.25) is 0 Å². The second kappa shape index (κ2) is 7.18. The summed E-state index contributed by atoms with van der Waals surface area (Å²) in [4.78, 5) is 14.0. The average Bonchev–Trinajstić information content (AvgIpc) is 2.84. The predicted octanol–water partition coefficient (Wildman–Crippen LogP) is 3.72. The molecule has 2 heterocycles. The van der Waals surface area contributed by atoms with Crippen LogP contribution in [0.5, 0.6) is 0 Å². The molecule has 2 atom stereocenters. The Balaban J connectivity index is 1.83. The van der Waals surface area contributed by atoms with Crippen LogP contribution in [0.25, 0.3) is 0 Å². The normalized spacial score (nSPS) is 21.3. The van der Waals surface area contributed by atoms with Gasteiger partial charge in [-0.05, 0) is 59.1 Å². The van der Waals surface area contributed by atoms with Gasteiger partial charge in [-0.3, -0.25) is 0 Å². The van der Waals surface area contributed by atoms with Crippen LogP contribution in [0.15, 0.2) is 22.8 Å². The third-order valence-electron chi connectivity index (χ3n) is 3.84. The van der Waals surface area contributed by atoms with Crippen molar-refractivity contribution in [1.82, 2.24) is 10.2 Å². The molecule has 0 bridgehead atoms. The topological polar surface area (TPSA) is 54.7 Å². The van der Waals surface area contributed by atoms with Crippen molar-refractivity contribution in [1.29, 1.82) is 0 Å². The maximum absolute atomic E-state index is 12.2. The summed E-state index contributed by atoms with van der Waals surface area (Å²) in [6, 6.07) is 4.48. The number of nitrogens with one attached hydrogen (secondary N) is 1. The van der Waals surface area contributed by atoms with Crippen LogP contribution in [0.2, 0.25) is 0 Å². The standard InChI is InChI=1S/C17H28N2O3/c1-13(15-8-6-12-21-15)18-14-7-5-10-19(11-9-14)16(20)22-17(2,3)4/h6,8,12-14,18H,5,7,9-11H2,1-4H3.